The Kier molecular flexibility index (Phi) is 8.27. The summed E-state index contributed by atoms with van der Waals surface area (Å²) in [5.74, 6) is 0. The number of fused-ring (bicyclic) bond motifs is 3. The fourth-order valence-electron chi connectivity index (χ4n) is 3.64. The molecule has 1 aliphatic rings. The van der Waals surface area contributed by atoms with Crippen molar-refractivity contribution in [1.82, 2.24) is 16.0 Å². The lowest BCUT2D eigenvalue weighted by atomic mass is 10.0. The second-order valence-electron chi connectivity index (χ2n) is 8.87. The molecule has 0 saturated heterocycles. The van der Waals surface area contributed by atoms with E-state index in [0.29, 0.717) is 13.1 Å². The van der Waals surface area contributed by atoms with Gasteiger partial charge in [-0.15, -0.1) is 0 Å². The molecule has 2 amide bonds. The number of alkyl carbamates (subject to hydrolysis) is 2. The van der Waals surface area contributed by atoms with Gasteiger partial charge >= 0.3 is 12.2 Å². The number of unbranched alkanes of at least 4 members (excludes halogenated alkanes) is 1. The summed E-state index contributed by atoms with van der Waals surface area (Å²) in [7, 11) is 0. The second kappa shape index (κ2) is 11.1. The first kappa shape index (κ1) is 24.5. The van der Waals surface area contributed by atoms with E-state index in [9.17, 15) is 9.59 Å². The fraction of sp³-hybridized carbons (Fsp3) is 0.400. The zero-order valence-electron chi connectivity index (χ0n) is 19.3. The third-order valence-corrected chi connectivity index (χ3v) is 5.33. The van der Waals surface area contributed by atoms with Crippen LogP contribution in [0, 0.1) is 0 Å². The van der Waals surface area contributed by atoms with Crippen molar-refractivity contribution in [3.05, 3.63) is 59.2 Å². The molecule has 2 aromatic rings. The maximum atomic E-state index is 12.1. The minimum Gasteiger partial charge on any atom is -0.445 e. The number of thiocarbonyl (C=S) groups is 1. The van der Waals surface area contributed by atoms with Gasteiger partial charge in [-0.1, -0.05) is 42.5 Å². The lowest BCUT2D eigenvalue weighted by Crippen LogP contribution is -2.42. The van der Waals surface area contributed by atoms with Crippen LogP contribution >= 0.6 is 12.2 Å². The predicted molar refractivity (Wildman–Crippen MR) is 132 cm³/mol. The molecule has 3 rings (SSSR count). The monoisotopic (exact) mass is 469 g/mol. The van der Waals surface area contributed by atoms with E-state index in [1.807, 2.05) is 18.2 Å². The molecule has 7 nitrogen and oxygen atoms in total. The van der Waals surface area contributed by atoms with Crippen LogP contribution in [0.2, 0.25) is 0 Å². The highest BCUT2D eigenvalue weighted by atomic mass is 32.1. The molecule has 0 aromatic heterocycles. The van der Waals surface area contributed by atoms with Gasteiger partial charge in [0.05, 0.1) is 0 Å². The summed E-state index contributed by atoms with van der Waals surface area (Å²) >= 11 is 5.06. The van der Waals surface area contributed by atoms with E-state index < -0.39 is 17.8 Å². The van der Waals surface area contributed by atoms with Crippen LogP contribution in [0.5, 0.6) is 0 Å². The molecule has 0 saturated carbocycles. The van der Waals surface area contributed by atoms with Crippen molar-refractivity contribution in [2.75, 3.05) is 13.1 Å². The average Bonchev–Trinajstić information content (AvgIpc) is 3.12. The molecule has 0 aliphatic heterocycles. The van der Waals surface area contributed by atoms with Crippen molar-refractivity contribution in [3.63, 3.8) is 0 Å². The molecule has 0 fully saturated rings. The molecule has 33 heavy (non-hydrogen) atoms. The number of rotatable bonds is 7. The van der Waals surface area contributed by atoms with Crippen molar-refractivity contribution >= 4 is 29.5 Å². The molecule has 0 spiro atoms. The molecule has 0 bridgehead atoms. The Morgan fingerprint density at radius 3 is 2.39 bits per heavy atom. The maximum absolute atomic E-state index is 12.1. The first-order chi connectivity index (χ1) is 15.7. The number of benzene rings is 2. The minimum absolute atomic E-state index is 0.217. The second-order valence-corrected chi connectivity index (χ2v) is 9.28. The van der Waals surface area contributed by atoms with E-state index in [0.717, 1.165) is 24.8 Å². The van der Waals surface area contributed by atoms with Gasteiger partial charge in [-0.3, -0.25) is 5.32 Å². The summed E-state index contributed by atoms with van der Waals surface area (Å²) in [6.45, 7) is 6.66. The Bertz CT molecular complexity index is 1020. The number of carbonyl (C=O) groups is 2. The standard InChI is InChI=1S/C25H31N3O4S/c1-25(2,3)32-24(30)28-22(33)26-13-6-7-14-27-23(29)31-16-18-10-8-12-20-19-11-5-4-9-17(19)15-21(18)20/h4-5,8-12H,6-7,13-16H2,1-3H3,(H,27,29)(H2,26,28,30,33). The topological polar surface area (TPSA) is 88.7 Å². The minimum atomic E-state index is -0.586. The highest BCUT2D eigenvalue weighted by Gasteiger charge is 2.21. The Hall–Kier alpha value is -3.13. The largest absolute Gasteiger partial charge is 0.445 e. The number of nitrogens with one attached hydrogen (secondary N) is 3. The Morgan fingerprint density at radius 2 is 1.64 bits per heavy atom. The number of ether oxygens (including phenoxy) is 2. The predicted octanol–water partition coefficient (Wildman–Crippen LogP) is 4.66. The summed E-state index contributed by atoms with van der Waals surface area (Å²) in [6.07, 6.45) is 1.36. The van der Waals surface area contributed by atoms with Gasteiger partial charge in [0.15, 0.2) is 5.11 Å². The van der Waals surface area contributed by atoms with Crippen molar-refractivity contribution in [3.8, 4) is 11.1 Å². The van der Waals surface area contributed by atoms with Gasteiger partial charge in [-0.05, 0) is 80.1 Å². The first-order valence-corrected chi connectivity index (χ1v) is 11.5. The first-order valence-electron chi connectivity index (χ1n) is 11.1. The maximum Gasteiger partial charge on any atom is 0.413 e. The van der Waals surface area contributed by atoms with Gasteiger partial charge in [-0.2, -0.15) is 0 Å². The normalized spacial score (nSPS) is 11.7. The lowest BCUT2D eigenvalue weighted by Gasteiger charge is -2.20. The van der Waals surface area contributed by atoms with Crippen molar-refractivity contribution in [2.45, 2.75) is 52.2 Å². The van der Waals surface area contributed by atoms with Crippen LogP contribution in [0.25, 0.3) is 11.1 Å². The van der Waals surface area contributed by atoms with Gasteiger partial charge < -0.3 is 20.1 Å². The number of carbonyl (C=O) groups excluding carboxylic acids is 2. The van der Waals surface area contributed by atoms with Crippen molar-refractivity contribution in [1.29, 1.82) is 0 Å². The summed E-state index contributed by atoms with van der Waals surface area (Å²) in [6, 6.07) is 14.5. The van der Waals surface area contributed by atoms with E-state index in [4.69, 9.17) is 21.7 Å². The van der Waals surface area contributed by atoms with Gasteiger partial charge in [0.25, 0.3) is 0 Å². The quantitative estimate of drug-likeness (QED) is 0.344. The van der Waals surface area contributed by atoms with Crippen molar-refractivity contribution in [2.24, 2.45) is 0 Å². The van der Waals surface area contributed by atoms with E-state index in [-0.39, 0.29) is 11.7 Å². The van der Waals surface area contributed by atoms with Gasteiger partial charge in [0.2, 0.25) is 0 Å². The number of amides is 2. The Labute approximate surface area is 200 Å². The van der Waals surface area contributed by atoms with E-state index in [1.54, 1.807) is 20.8 Å². The van der Waals surface area contributed by atoms with E-state index in [2.05, 4.69) is 40.2 Å². The van der Waals surface area contributed by atoms with E-state index >= 15 is 0 Å². The molecule has 0 heterocycles. The Balaban J connectivity index is 1.30. The molecule has 0 atom stereocenters. The molecule has 176 valence electrons. The zero-order valence-corrected chi connectivity index (χ0v) is 20.1. The highest BCUT2D eigenvalue weighted by molar-refractivity contribution is 7.80. The van der Waals surface area contributed by atoms with Crippen LogP contribution in [-0.4, -0.2) is 36.0 Å². The zero-order chi connectivity index (χ0) is 23.8. The van der Waals surface area contributed by atoms with Gasteiger partial charge in [0, 0.05) is 13.1 Å². The van der Waals surface area contributed by atoms with Crippen LogP contribution in [-0.2, 0) is 22.5 Å². The Morgan fingerprint density at radius 1 is 0.939 bits per heavy atom. The molecule has 0 unspecified atom stereocenters. The molecular weight excluding hydrogens is 438 g/mol. The summed E-state index contributed by atoms with van der Waals surface area (Å²) in [5.41, 5.74) is 5.47. The van der Waals surface area contributed by atoms with Gasteiger partial charge in [-0.25, -0.2) is 9.59 Å². The fourth-order valence-corrected chi connectivity index (χ4v) is 3.82. The van der Waals surface area contributed by atoms with Crippen LogP contribution in [0.3, 0.4) is 0 Å². The van der Waals surface area contributed by atoms with Gasteiger partial charge in [0.1, 0.15) is 12.2 Å². The number of hydrogen-bond donors (Lipinski definition) is 3. The molecule has 3 N–H and O–H groups in total. The average molecular weight is 470 g/mol. The third kappa shape index (κ3) is 7.46. The number of hydrogen-bond acceptors (Lipinski definition) is 5. The smallest absolute Gasteiger partial charge is 0.413 e. The molecule has 2 aromatic carbocycles. The summed E-state index contributed by atoms with van der Waals surface area (Å²) in [4.78, 5) is 23.7. The summed E-state index contributed by atoms with van der Waals surface area (Å²) < 4.78 is 10.6. The third-order valence-electron chi connectivity index (χ3n) is 5.08. The molecular formula is C25H31N3O4S. The van der Waals surface area contributed by atoms with Crippen LogP contribution in [0.4, 0.5) is 9.59 Å². The van der Waals surface area contributed by atoms with Crippen molar-refractivity contribution < 1.29 is 19.1 Å². The molecule has 8 heteroatoms. The van der Waals surface area contributed by atoms with E-state index in [1.165, 1.54) is 22.3 Å². The van der Waals surface area contributed by atoms with Crippen LogP contribution < -0.4 is 16.0 Å². The van der Waals surface area contributed by atoms with Crippen LogP contribution in [0.1, 0.15) is 50.3 Å². The lowest BCUT2D eigenvalue weighted by molar-refractivity contribution is 0.0562. The van der Waals surface area contributed by atoms with Crippen LogP contribution in [0.15, 0.2) is 42.5 Å². The SMILES string of the molecule is CC(C)(C)OC(=O)NC(=S)NCCCCNC(=O)OCc1cccc2c1Cc1ccccc1-2. The highest BCUT2D eigenvalue weighted by Crippen LogP contribution is 2.38. The molecule has 0 radical (unpaired) electrons. The summed E-state index contributed by atoms with van der Waals surface area (Å²) in [5, 5.41) is 8.40. The molecule has 1 aliphatic carbocycles.